The molecule has 0 saturated heterocycles. The minimum atomic E-state index is -0.423. The highest BCUT2D eigenvalue weighted by Crippen LogP contribution is 2.26. The largest absolute Gasteiger partial charge is 0.381 e. The van der Waals surface area contributed by atoms with Crippen molar-refractivity contribution < 1.29 is 9.53 Å². The number of rotatable bonds is 2. The van der Waals surface area contributed by atoms with Crippen LogP contribution in [-0.2, 0) is 4.74 Å². The fourth-order valence-electron chi connectivity index (χ4n) is 2.05. The molecule has 0 spiro atoms. The highest BCUT2D eigenvalue weighted by Gasteiger charge is 2.27. The summed E-state index contributed by atoms with van der Waals surface area (Å²) in [5, 5.41) is 2.74. The Hall–Kier alpha value is -0.770. The normalized spacial score (nSPS) is 34.2. The number of ether oxygens (including phenoxy) is 1. The third-order valence-corrected chi connectivity index (χ3v) is 2.74. The van der Waals surface area contributed by atoms with E-state index in [9.17, 15) is 4.79 Å². The van der Waals surface area contributed by atoms with Crippen LogP contribution in [-0.4, -0.2) is 25.3 Å². The van der Waals surface area contributed by atoms with Crippen molar-refractivity contribution in [2.75, 3.05) is 7.11 Å². The molecule has 0 bridgehead atoms. The first-order valence-corrected chi connectivity index (χ1v) is 4.72. The molecule has 1 aliphatic carbocycles. The molecule has 0 aromatic heterocycles. The molecule has 0 heterocycles. The number of methoxy groups -OCH3 is 1. The van der Waals surface area contributed by atoms with Gasteiger partial charge in [-0.3, -0.25) is 0 Å². The van der Waals surface area contributed by atoms with Crippen LogP contribution in [0, 0.1) is 5.92 Å². The zero-order chi connectivity index (χ0) is 9.84. The fourth-order valence-corrected chi connectivity index (χ4v) is 2.05. The highest BCUT2D eigenvalue weighted by atomic mass is 16.5. The van der Waals surface area contributed by atoms with Crippen molar-refractivity contribution in [1.29, 1.82) is 0 Å². The molecule has 2 amide bonds. The van der Waals surface area contributed by atoms with Gasteiger partial charge in [0.15, 0.2) is 0 Å². The molecule has 13 heavy (non-hydrogen) atoms. The highest BCUT2D eigenvalue weighted by molar-refractivity contribution is 5.71. The Kier molecular flexibility index (Phi) is 3.54. The molecule has 3 unspecified atom stereocenters. The maximum absolute atomic E-state index is 10.6. The second-order valence-corrected chi connectivity index (χ2v) is 3.77. The maximum Gasteiger partial charge on any atom is 0.312 e. The number of primary amides is 1. The molecule has 1 fully saturated rings. The first kappa shape index (κ1) is 10.3. The van der Waals surface area contributed by atoms with Crippen LogP contribution in [0.25, 0.3) is 0 Å². The van der Waals surface area contributed by atoms with E-state index in [1.807, 2.05) is 0 Å². The molecule has 76 valence electrons. The molecule has 3 atom stereocenters. The summed E-state index contributed by atoms with van der Waals surface area (Å²) in [6.45, 7) is 2.14. The minimum absolute atomic E-state index is 0.235. The molecule has 4 heteroatoms. The Bertz CT molecular complexity index is 184. The lowest BCUT2D eigenvalue weighted by Gasteiger charge is -2.33. The van der Waals surface area contributed by atoms with E-state index in [1.54, 1.807) is 7.11 Å². The second-order valence-electron chi connectivity index (χ2n) is 3.77. The van der Waals surface area contributed by atoms with Gasteiger partial charge in [0.05, 0.1) is 6.10 Å². The lowest BCUT2D eigenvalue weighted by Crippen LogP contribution is -2.44. The molecular weight excluding hydrogens is 168 g/mol. The van der Waals surface area contributed by atoms with E-state index in [-0.39, 0.29) is 6.04 Å². The van der Waals surface area contributed by atoms with Gasteiger partial charge in [-0.25, -0.2) is 4.79 Å². The van der Waals surface area contributed by atoms with Crippen LogP contribution in [0.2, 0.25) is 0 Å². The average Bonchev–Trinajstić information content (AvgIpc) is 2.03. The standard InChI is InChI=1S/C9H18N2O2/c1-6-5-7(11-9(10)12)3-4-8(6)13-2/h6-8H,3-5H2,1-2H3,(H3,10,11,12). The molecule has 1 saturated carbocycles. The Morgan fingerprint density at radius 3 is 2.69 bits per heavy atom. The summed E-state index contributed by atoms with van der Waals surface area (Å²) in [5.74, 6) is 0.496. The average molecular weight is 186 g/mol. The molecule has 4 nitrogen and oxygen atoms in total. The third-order valence-electron chi connectivity index (χ3n) is 2.74. The summed E-state index contributed by atoms with van der Waals surface area (Å²) in [6.07, 6.45) is 3.27. The van der Waals surface area contributed by atoms with E-state index >= 15 is 0 Å². The van der Waals surface area contributed by atoms with Gasteiger partial charge in [0.2, 0.25) is 0 Å². The summed E-state index contributed by atoms with van der Waals surface area (Å²) >= 11 is 0. The van der Waals surface area contributed by atoms with Crippen molar-refractivity contribution in [1.82, 2.24) is 5.32 Å². The number of carbonyl (C=O) groups is 1. The van der Waals surface area contributed by atoms with Crippen LogP contribution >= 0.6 is 0 Å². The summed E-state index contributed by atoms with van der Waals surface area (Å²) in [7, 11) is 1.74. The first-order valence-electron chi connectivity index (χ1n) is 4.72. The van der Waals surface area contributed by atoms with Gasteiger partial charge in [0.25, 0.3) is 0 Å². The third kappa shape index (κ3) is 2.88. The maximum atomic E-state index is 10.6. The van der Waals surface area contributed by atoms with Gasteiger partial charge in [-0.2, -0.15) is 0 Å². The number of urea groups is 1. The van der Waals surface area contributed by atoms with E-state index in [0.717, 1.165) is 19.3 Å². The zero-order valence-corrected chi connectivity index (χ0v) is 8.25. The van der Waals surface area contributed by atoms with Crippen molar-refractivity contribution in [3.63, 3.8) is 0 Å². The summed E-state index contributed by atoms with van der Waals surface area (Å²) < 4.78 is 5.31. The van der Waals surface area contributed by atoms with Gasteiger partial charge in [-0.15, -0.1) is 0 Å². The second kappa shape index (κ2) is 4.46. The molecule has 1 aliphatic rings. The number of hydrogen-bond donors (Lipinski definition) is 2. The predicted molar refractivity (Wildman–Crippen MR) is 50.3 cm³/mol. The Morgan fingerprint density at radius 1 is 1.54 bits per heavy atom. The molecule has 1 rings (SSSR count). The zero-order valence-electron chi connectivity index (χ0n) is 8.25. The van der Waals surface area contributed by atoms with Crippen molar-refractivity contribution in [3.8, 4) is 0 Å². The summed E-state index contributed by atoms with van der Waals surface area (Å²) in [4.78, 5) is 10.6. The quantitative estimate of drug-likeness (QED) is 0.671. The number of carbonyl (C=O) groups excluding carboxylic acids is 1. The van der Waals surface area contributed by atoms with Crippen LogP contribution in [0.4, 0.5) is 4.79 Å². The Morgan fingerprint density at radius 2 is 2.23 bits per heavy atom. The lowest BCUT2D eigenvalue weighted by atomic mass is 9.84. The van der Waals surface area contributed by atoms with Gasteiger partial charge >= 0.3 is 6.03 Å². The smallest absolute Gasteiger partial charge is 0.312 e. The number of hydrogen-bond acceptors (Lipinski definition) is 2. The molecule has 0 aliphatic heterocycles. The van der Waals surface area contributed by atoms with Crippen LogP contribution < -0.4 is 11.1 Å². The van der Waals surface area contributed by atoms with E-state index in [2.05, 4.69) is 12.2 Å². The van der Waals surface area contributed by atoms with Gasteiger partial charge < -0.3 is 15.8 Å². The van der Waals surface area contributed by atoms with E-state index in [0.29, 0.717) is 12.0 Å². The SMILES string of the molecule is COC1CCC(NC(N)=O)CC1C. The van der Waals surface area contributed by atoms with Gasteiger partial charge in [-0.05, 0) is 25.2 Å². The van der Waals surface area contributed by atoms with Crippen LogP contribution in [0.15, 0.2) is 0 Å². The van der Waals surface area contributed by atoms with Crippen LogP contribution in [0.1, 0.15) is 26.2 Å². The van der Waals surface area contributed by atoms with Gasteiger partial charge in [0.1, 0.15) is 0 Å². The monoisotopic (exact) mass is 186 g/mol. The molecular formula is C9H18N2O2. The van der Waals surface area contributed by atoms with Gasteiger partial charge in [0, 0.05) is 13.2 Å². The lowest BCUT2D eigenvalue weighted by molar-refractivity contribution is 0.0232. The first-order chi connectivity index (χ1) is 6.13. The number of nitrogens with one attached hydrogen (secondary N) is 1. The molecule has 0 radical (unpaired) electrons. The van der Waals surface area contributed by atoms with Gasteiger partial charge in [-0.1, -0.05) is 6.92 Å². The minimum Gasteiger partial charge on any atom is -0.381 e. The summed E-state index contributed by atoms with van der Waals surface area (Å²) in [6, 6.07) is -0.188. The molecule has 0 aromatic rings. The molecule has 0 aromatic carbocycles. The van der Waals surface area contributed by atoms with E-state index < -0.39 is 6.03 Å². The summed E-state index contributed by atoms with van der Waals surface area (Å²) in [5.41, 5.74) is 5.05. The predicted octanol–water partition coefficient (Wildman–Crippen LogP) is 0.858. The topological polar surface area (TPSA) is 64.3 Å². The Balaban J connectivity index is 2.36. The number of amides is 2. The van der Waals surface area contributed by atoms with Crippen molar-refractivity contribution in [2.24, 2.45) is 11.7 Å². The van der Waals surface area contributed by atoms with E-state index in [4.69, 9.17) is 10.5 Å². The van der Waals surface area contributed by atoms with Crippen molar-refractivity contribution in [3.05, 3.63) is 0 Å². The van der Waals surface area contributed by atoms with E-state index in [1.165, 1.54) is 0 Å². The van der Waals surface area contributed by atoms with Crippen molar-refractivity contribution in [2.45, 2.75) is 38.3 Å². The Labute approximate surface area is 78.8 Å². The van der Waals surface area contributed by atoms with Crippen LogP contribution in [0.5, 0.6) is 0 Å². The number of nitrogens with two attached hydrogens (primary N) is 1. The fraction of sp³-hybridized carbons (Fsp3) is 0.889. The molecule has 3 N–H and O–H groups in total. The van der Waals surface area contributed by atoms with Crippen molar-refractivity contribution >= 4 is 6.03 Å². The van der Waals surface area contributed by atoms with Crippen LogP contribution in [0.3, 0.4) is 0 Å².